The summed E-state index contributed by atoms with van der Waals surface area (Å²) in [5.74, 6) is 0.745. The van der Waals surface area contributed by atoms with Gasteiger partial charge in [-0.3, -0.25) is 0 Å². The summed E-state index contributed by atoms with van der Waals surface area (Å²) in [7, 11) is 0. The normalized spacial score (nSPS) is 32.8. The fourth-order valence-corrected chi connectivity index (χ4v) is 2.06. The molecule has 2 nitrogen and oxygen atoms in total. The van der Waals surface area contributed by atoms with Gasteiger partial charge in [-0.15, -0.1) is 0 Å². The van der Waals surface area contributed by atoms with Crippen molar-refractivity contribution in [2.24, 2.45) is 11.8 Å². The maximum Gasteiger partial charge on any atom is 0.122 e. The van der Waals surface area contributed by atoms with Crippen LogP contribution in [0.15, 0.2) is 0 Å². The topological polar surface area (TPSA) is 37.3 Å². The van der Waals surface area contributed by atoms with E-state index in [1.54, 1.807) is 0 Å². The Hall–Kier alpha value is -0.370. The van der Waals surface area contributed by atoms with Gasteiger partial charge in [-0.1, -0.05) is 19.8 Å². The summed E-state index contributed by atoms with van der Waals surface area (Å²) in [5.41, 5.74) is 0. The lowest BCUT2D eigenvalue weighted by molar-refractivity contribution is -0.111. The van der Waals surface area contributed by atoms with E-state index in [9.17, 15) is 9.90 Å². The molecule has 1 aliphatic rings. The Morgan fingerprint density at radius 3 is 2.92 bits per heavy atom. The van der Waals surface area contributed by atoms with Crippen LogP contribution in [0.5, 0.6) is 0 Å². The van der Waals surface area contributed by atoms with E-state index in [0.717, 1.165) is 32.0 Å². The molecule has 1 fully saturated rings. The lowest BCUT2D eigenvalue weighted by Crippen LogP contribution is -2.21. The van der Waals surface area contributed by atoms with Crippen LogP contribution < -0.4 is 0 Å². The molecular weight excluding hydrogens is 152 g/mol. The van der Waals surface area contributed by atoms with Crippen LogP contribution in [-0.4, -0.2) is 17.5 Å². The molecule has 0 saturated heterocycles. The molecule has 0 amide bonds. The summed E-state index contributed by atoms with van der Waals surface area (Å²) in [5, 5.41) is 9.38. The smallest absolute Gasteiger partial charge is 0.122 e. The summed E-state index contributed by atoms with van der Waals surface area (Å²) in [6.45, 7) is 1.95. The summed E-state index contributed by atoms with van der Waals surface area (Å²) in [6, 6.07) is 0. The average Bonchev–Trinajstić information content (AvgIpc) is 2.04. The predicted octanol–water partition coefficient (Wildman–Crippen LogP) is 1.76. The molecule has 0 aliphatic heterocycles. The Morgan fingerprint density at radius 1 is 1.58 bits per heavy atom. The maximum atomic E-state index is 10.4. The molecule has 1 saturated carbocycles. The number of aliphatic hydroxyl groups excluding tert-OH is 1. The fourth-order valence-electron chi connectivity index (χ4n) is 2.06. The number of hydrogen-bond donors (Lipinski definition) is 1. The highest BCUT2D eigenvalue weighted by atomic mass is 16.3. The van der Waals surface area contributed by atoms with Crippen molar-refractivity contribution in [3.63, 3.8) is 0 Å². The van der Waals surface area contributed by atoms with Gasteiger partial charge in [-0.2, -0.15) is 0 Å². The molecule has 0 spiro atoms. The SMILES string of the molecule is CC(C=O)CC1CCCC(O)C1. The lowest BCUT2D eigenvalue weighted by atomic mass is 9.82. The Kier molecular flexibility index (Phi) is 3.73. The zero-order valence-corrected chi connectivity index (χ0v) is 7.70. The molecule has 1 aliphatic carbocycles. The van der Waals surface area contributed by atoms with Gasteiger partial charge in [0.05, 0.1) is 6.10 Å². The summed E-state index contributed by atoms with van der Waals surface area (Å²) < 4.78 is 0. The number of hydrogen-bond acceptors (Lipinski definition) is 2. The minimum atomic E-state index is -0.109. The van der Waals surface area contributed by atoms with Gasteiger partial charge in [0.15, 0.2) is 0 Å². The molecule has 3 atom stereocenters. The van der Waals surface area contributed by atoms with Crippen molar-refractivity contribution in [1.82, 2.24) is 0 Å². The van der Waals surface area contributed by atoms with Gasteiger partial charge in [0.1, 0.15) is 6.29 Å². The van der Waals surface area contributed by atoms with Gasteiger partial charge >= 0.3 is 0 Å². The quantitative estimate of drug-likeness (QED) is 0.655. The molecular formula is C10H18O2. The molecule has 2 heteroatoms. The van der Waals surface area contributed by atoms with Gasteiger partial charge in [-0.05, 0) is 25.2 Å². The van der Waals surface area contributed by atoms with Crippen LogP contribution >= 0.6 is 0 Å². The molecule has 12 heavy (non-hydrogen) atoms. The second kappa shape index (κ2) is 4.61. The minimum Gasteiger partial charge on any atom is -0.393 e. The molecule has 0 radical (unpaired) electrons. The fraction of sp³-hybridized carbons (Fsp3) is 0.900. The Morgan fingerprint density at radius 2 is 2.33 bits per heavy atom. The zero-order valence-electron chi connectivity index (χ0n) is 7.70. The average molecular weight is 170 g/mol. The minimum absolute atomic E-state index is 0.109. The van der Waals surface area contributed by atoms with Crippen molar-refractivity contribution in [1.29, 1.82) is 0 Å². The van der Waals surface area contributed by atoms with E-state index in [1.165, 1.54) is 6.42 Å². The first kappa shape index (κ1) is 9.72. The third-order valence-electron chi connectivity index (χ3n) is 2.69. The van der Waals surface area contributed by atoms with E-state index in [-0.39, 0.29) is 12.0 Å². The Labute approximate surface area is 74.0 Å². The third-order valence-corrected chi connectivity index (χ3v) is 2.69. The van der Waals surface area contributed by atoms with Crippen molar-refractivity contribution in [2.75, 3.05) is 0 Å². The van der Waals surface area contributed by atoms with Crippen molar-refractivity contribution in [3.05, 3.63) is 0 Å². The van der Waals surface area contributed by atoms with Gasteiger partial charge in [0.2, 0.25) is 0 Å². The lowest BCUT2D eigenvalue weighted by Gasteiger charge is -2.26. The predicted molar refractivity (Wildman–Crippen MR) is 47.8 cm³/mol. The van der Waals surface area contributed by atoms with Gasteiger partial charge < -0.3 is 9.90 Å². The van der Waals surface area contributed by atoms with E-state index in [4.69, 9.17) is 0 Å². The highest BCUT2D eigenvalue weighted by Crippen LogP contribution is 2.28. The van der Waals surface area contributed by atoms with Crippen LogP contribution in [0.25, 0.3) is 0 Å². The van der Waals surface area contributed by atoms with Crippen molar-refractivity contribution >= 4 is 6.29 Å². The molecule has 0 aromatic heterocycles. The molecule has 0 aromatic carbocycles. The maximum absolute atomic E-state index is 10.4. The first-order valence-electron chi connectivity index (χ1n) is 4.85. The molecule has 1 N–H and O–H groups in total. The van der Waals surface area contributed by atoms with Crippen LogP contribution in [0.3, 0.4) is 0 Å². The van der Waals surface area contributed by atoms with E-state index in [1.807, 2.05) is 6.92 Å². The van der Waals surface area contributed by atoms with Gasteiger partial charge in [0, 0.05) is 5.92 Å². The molecule has 3 unspecified atom stereocenters. The summed E-state index contributed by atoms with van der Waals surface area (Å²) in [4.78, 5) is 10.4. The van der Waals surface area contributed by atoms with Crippen molar-refractivity contribution < 1.29 is 9.90 Å². The molecule has 0 aromatic rings. The van der Waals surface area contributed by atoms with E-state index >= 15 is 0 Å². The molecule has 0 bridgehead atoms. The second-order valence-electron chi connectivity index (χ2n) is 4.04. The highest BCUT2D eigenvalue weighted by molar-refractivity contribution is 5.52. The second-order valence-corrected chi connectivity index (χ2v) is 4.04. The number of carbonyl (C=O) groups excluding carboxylic acids is 1. The summed E-state index contributed by atoms with van der Waals surface area (Å²) >= 11 is 0. The molecule has 70 valence electrons. The van der Waals surface area contributed by atoms with Crippen molar-refractivity contribution in [3.8, 4) is 0 Å². The van der Waals surface area contributed by atoms with Crippen LogP contribution in [-0.2, 0) is 4.79 Å². The van der Waals surface area contributed by atoms with Crippen molar-refractivity contribution in [2.45, 2.75) is 45.1 Å². The van der Waals surface area contributed by atoms with Crippen LogP contribution in [0.1, 0.15) is 39.0 Å². The van der Waals surface area contributed by atoms with E-state index in [2.05, 4.69) is 0 Å². The zero-order chi connectivity index (χ0) is 8.97. The van der Waals surface area contributed by atoms with Crippen LogP contribution in [0.2, 0.25) is 0 Å². The Balaban J connectivity index is 2.26. The molecule has 1 rings (SSSR count). The summed E-state index contributed by atoms with van der Waals surface area (Å²) in [6.07, 6.45) is 6.03. The van der Waals surface area contributed by atoms with Gasteiger partial charge in [0.25, 0.3) is 0 Å². The number of carbonyl (C=O) groups is 1. The van der Waals surface area contributed by atoms with E-state index in [0.29, 0.717) is 5.92 Å². The van der Waals surface area contributed by atoms with E-state index < -0.39 is 0 Å². The van der Waals surface area contributed by atoms with Gasteiger partial charge in [-0.25, -0.2) is 0 Å². The first-order chi connectivity index (χ1) is 5.72. The largest absolute Gasteiger partial charge is 0.393 e. The number of aliphatic hydroxyl groups is 1. The molecule has 0 heterocycles. The number of rotatable bonds is 3. The number of aldehydes is 1. The third kappa shape index (κ3) is 2.94. The van der Waals surface area contributed by atoms with Crippen LogP contribution in [0, 0.1) is 11.8 Å². The standard InChI is InChI=1S/C10H18O2/c1-8(7-11)5-9-3-2-4-10(12)6-9/h7-10,12H,2-6H2,1H3. The Bertz CT molecular complexity index is 145. The first-order valence-corrected chi connectivity index (χ1v) is 4.85. The highest BCUT2D eigenvalue weighted by Gasteiger charge is 2.21. The van der Waals surface area contributed by atoms with Crippen LogP contribution in [0.4, 0.5) is 0 Å². The monoisotopic (exact) mass is 170 g/mol.